The van der Waals surface area contributed by atoms with Crippen molar-refractivity contribution in [3.05, 3.63) is 38.0 Å². The minimum absolute atomic E-state index is 1.08. The standard InChI is InChI=1S/C18H33N3/c1-4-7-10-19-13-15-20(11-8-5-2)17-18-21(16-14-19)12-9-6-3/h4-6H,1-3,7-18H2. The molecule has 1 rings (SSSR count). The molecule has 0 aromatic rings. The molecule has 3 nitrogen and oxygen atoms in total. The Labute approximate surface area is 131 Å². The van der Waals surface area contributed by atoms with Crippen molar-refractivity contribution in [2.75, 3.05) is 58.9 Å². The Morgan fingerprint density at radius 2 is 0.762 bits per heavy atom. The lowest BCUT2D eigenvalue weighted by molar-refractivity contribution is 0.224. The van der Waals surface area contributed by atoms with Crippen molar-refractivity contribution in [2.45, 2.75) is 19.3 Å². The van der Waals surface area contributed by atoms with Crippen molar-refractivity contribution in [3.63, 3.8) is 0 Å². The maximum absolute atomic E-state index is 3.85. The second kappa shape index (κ2) is 11.7. The van der Waals surface area contributed by atoms with Gasteiger partial charge in [0.1, 0.15) is 0 Å². The van der Waals surface area contributed by atoms with Crippen LogP contribution >= 0.6 is 0 Å². The van der Waals surface area contributed by atoms with E-state index in [0.717, 1.165) is 38.9 Å². The van der Waals surface area contributed by atoms with Crippen LogP contribution in [0.4, 0.5) is 0 Å². The third kappa shape index (κ3) is 8.20. The van der Waals surface area contributed by atoms with Crippen molar-refractivity contribution < 1.29 is 0 Å². The van der Waals surface area contributed by atoms with Gasteiger partial charge in [-0.3, -0.25) is 0 Å². The van der Waals surface area contributed by atoms with E-state index in [1.165, 1.54) is 39.3 Å². The van der Waals surface area contributed by atoms with Crippen LogP contribution in [0, 0.1) is 0 Å². The van der Waals surface area contributed by atoms with E-state index in [1.807, 2.05) is 18.2 Å². The molecular weight excluding hydrogens is 258 g/mol. The highest BCUT2D eigenvalue weighted by Crippen LogP contribution is 2.03. The van der Waals surface area contributed by atoms with Gasteiger partial charge in [0.25, 0.3) is 0 Å². The van der Waals surface area contributed by atoms with E-state index in [9.17, 15) is 0 Å². The fourth-order valence-electron chi connectivity index (χ4n) is 2.68. The fraction of sp³-hybridized carbons (Fsp3) is 0.667. The summed E-state index contributed by atoms with van der Waals surface area (Å²) in [6, 6.07) is 0. The first kappa shape index (κ1) is 18.1. The molecule has 21 heavy (non-hydrogen) atoms. The molecule has 1 fully saturated rings. The van der Waals surface area contributed by atoms with Gasteiger partial charge in [0.15, 0.2) is 0 Å². The Hall–Kier alpha value is -0.900. The lowest BCUT2D eigenvalue weighted by Crippen LogP contribution is -2.36. The maximum atomic E-state index is 3.85. The molecule has 0 amide bonds. The minimum atomic E-state index is 1.08. The second-order valence-electron chi connectivity index (χ2n) is 5.76. The van der Waals surface area contributed by atoms with E-state index in [0.29, 0.717) is 0 Å². The fourth-order valence-corrected chi connectivity index (χ4v) is 2.68. The van der Waals surface area contributed by atoms with Gasteiger partial charge < -0.3 is 14.7 Å². The minimum Gasteiger partial charge on any atom is -0.300 e. The lowest BCUT2D eigenvalue weighted by Gasteiger charge is -2.25. The maximum Gasteiger partial charge on any atom is 0.0110 e. The van der Waals surface area contributed by atoms with Crippen LogP contribution in [-0.4, -0.2) is 73.6 Å². The van der Waals surface area contributed by atoms with Crippen LogP contribution in [0.1, 0.15) is 19.3 Å². The van der Waals surface area contributed by atoms with Crippen LogP contribution in [0.5, 0.6) is 0 Å². The number of hydrogen-bond acceptors (Lipinski definition) is 3. The summed E-state index contributed by atoms with van der Waals surface area (Å²) in [6.07, 6.45) is 9.32. The van der Waals surface area contributed by atoms with Gasteiger partial charge in [0, 0.05) is 58.9 Å². The zero-order chi connectivity index (χ0) is 15.3. The van der Waals surface area contributed by atoms with Gasteiger partial charge in [0.2, 0.25) is 0 Å². The molecule has 1 aliphatic heterocycles. The molecule has 1 heterocycles. The van der Waals surface area contributed by atoms with Crippen LogP contribution < -0.4 is 0 Å². The van der Waals surface area contributed by atoms with E-state index >= 15 is 0 Å². The molecule has 0 radical (unpaired) electrons. The second-order valence-corrected chi connectivity index (χ2v) is 5.76. The van der Waals surface area contributed by atoms with Crippen molar-refractivity contribution in [2.24, 2.45) is 0 Å². The van der Waals surface area contributed by atoms with Gasteiger partial charge in [-0.05, 0) is 19.3 Å². The highest BCUT2D eigenvalue weighted by Gasteiger charge is 2.15. The van der Waals surface area contributed by atoms with Crippen LogP contribution in [0.15, 0.2) is 38.0 Å². The number of hydrogen-bond donors (Lipinski definition) is 0. The first-order chi connectivity index (χ1) is 10.3. The average molecular weight is 291 g/mol. The van der Waals surface area contributed by atoms with Crippen LogP contribution in [-0.2, 0) is 0 Å². The van der Waals surface area contributed by atoms with Gasteiger partial charge in [-0.1, -0.05) is 18.2 Å². The number of nitrogens with zero attached hydrogens (tertiary/aromatic N) is 3. The molecule has 0 aromatic carbocycles. The number of rotatable bonds is 9. The Morgan fingerprint density at radius 1 is 0.524 bits per heavy atom. The molecule has 0 atom stereocenters. The van der Waals surface area contributed by atoms with Crippen molar-refractivity contribution in [1.82, 2.24) is 14.7 Å². The molecule has 1 aliphatic rings. The van der Waals surface area contributed by atoms with Crippen molar-refractivity contribution in [3.8, 4) is 0 Å². The Balaban J connectivity index is 2.55. The predicted octanol–water partition coefficient (Wildman–Crippen LogP) is 2.63. The highest BCUT2D eigenvalue weighted by atomic mass is 15.3. The van der Waals surface area contributed by atoms with Crippen molar-refractivity contribution in [1.29, 1.82) is 0 Å². The lowest BCUT2D eigenvalue weighted by atomic mass is 10.3. The Morgan fingerprint density at radius 3 is 0.952 bits per heavy atom. The highest BCUT2D eigenvalue weighted by molar-refractivity contribution is 4.78. The molecule has 120 valence electrons. The normalized spacial score (nSPS) is 19.4. The van der Waals surface area contributed by atoms with E-state index < -0.39 is 0 Å². The SMILES string of the molecule is C=CCCN1CCN(CCC=C)CCN(CCC=C)CC1. The molecule has 3 heteroatoms. The summed E-state index contributed by atoms with van der Waals surface area (Å²) in [5.74, 6) is 0. The molecule has 0 bridgehead atoms. The summed E-state index contributed by atoms with van der Waals surface area (Å²) in [4.78, 5) is 7.73. The summed E-state index contributed by atoms with van der Waals surface area (Å²) in [7, 11) is 0. The molecule has 1 saturated heterocycles. The zero-order valence-corrected chi connectivity index (χ0v) is 13.7. The molecule has 0 spiro atoms. The van der Waals surface area contributed by atoms with E-state index in [4.69, 9.17) is 0 Å². The van der Waals surface area contributed by atoms with Crippen molar-refractivity contribution >= 4 is 0 Å². The summed E-state index contributed by atoms with van der Waals surface area (Å²) >= 11 is 0. The van der Waals surface area contributed by atoms with E-state index in [1.54, 1.807) is 0 Å². The summed E-state index contributed by atoms with van der Waals surface area (Å²) in [6.45, 7) is 21.9. The summed E-state index contributed by atoms with van der Waals surface area (Å²) in [5.41, 5.74) is 0. The van der Waals surface area contributed by atoms with Gasteiger partial charge in [-0.15, -0.1) is 19.7 Å². The summed E-state index contributed by atoms with van der Waals surface area (Å²) < 4.78 is 0. The monoisotopic (exact) mass is 291 g/mol. The first-order valence-electron chi connectivity index (χ1n) is 8.30. The molecule has 0 aromatic heterocycles. The quantitative estimate of drug-likeness (QED) is 0.605. The first-order valence-corrected chi connectivity index (χ1v) is 8.30. The van der Waals surface area contributed by atoms with Gasteiger partial charge in [-0.25, -0.2) is 0 Å². The largest absolute Gasteiger partial charge is 0.300 e. The molecule has 0 saturated carbocycles. The Kier molecular flexibility index (Phi) is 10.1. The topological polar surface area (TPSA) is 9.72 Å². The predicted molar refractivity (Wildman–Crippen MR) is 93.8 cm³/mol. The van der Waals surface area contributed by atoms with Gasteiger partial charge >= 0.3 is 0 Å². The zero-order valence-electron chi connectivity index (χ0n) is 13.7. The van der Waals surface area contributed by atoms with E-state index in [-0.39, 0.29) is 0 Å². The summed E-state index contributed by atoms with van der Waals surface area (Å²) in [5, 5.41) is 0. The van der Waals surface area contributed by atoms with Gasteiger partial charge in [0.05, 0.1) is 0 Å². The average Bonchev–Trinajstić information content (AvgIpc) is 2.60. The van der Waals surface area contributed by atoms with Gasteiger partial charge in [-0.2, -0.15) is 0 Å². The molecular formula is C18H33N3. The smallest absolute Gasteiger partial charge is 0.0110 e. The molecule has 0 aliphatic carbocycles. The van der Waals surface area contributed by atoms with Crippen LogP contribution in [0.2, 0.25) is 0 Å². The van der Waals surface area contributed by atoms with Crippen LogP contribution in [0.3, 0.4) is 0 Å². The third-order valence-electron chi connectivity index (χ3n) is 4.15. The van der Waals surface area contributed by atoms with Crippen LogP contribution in [0.25, 0.3) is 0 Å². The Bertz CT molecular complexity index is 241. The molecule has 0 unspecified atom stereocenters. The third-order valence-corrected chi connectivity index (χ3v) is 4.15. The molecule has 0 N–H and O–H groups in total. The van der Waals surface area contributed by atoms with E-state index in [2.05, 4.69) is 34.4 Å².